The largest absolute Gasteiger partial charge is 0.469 e. The van der Waals surface area contributed by atoms with Crippen molar-refractivity contribution < 1.29 is 9.53 Å². The summed E-state index contributed by atoms with van der Waals surface area (Å²) in [5, 5.41) is 10.7. The number of amidine groups is 1. The summed E-state index contributed by atoms with van der Waals surface area (Å²) in [6.45, 7) is 7.70. The Morgan fingerprint density at radius 3 is 2.46 bits per heavy atom. The van der Waals surface area contributed by atoms with Crippen LogP contribution in [0.5, 0.6) is 5.88 Å². The van der Waals surface area contributed by atoms with Gasteiger partial charge in [0.25, 0.3) is 0 Å². The molecule has 1 aliphatic rings. The number of benzene rings is 1. The highest BCUT2D eigenvalue weighted by Crippen LogP contribution is 2.29. The van der Waals surface area contributed by atoms with E-state index < -0.39 is 0 Å². The number of hydrogen-bond donors (Lipinski definition) is 2. The first kappa shape index (κ1) is 18.0. The van der Waals surface area contributed by atoms with Crippen LogP contribution in [-0.4, -0.2) is 21.7 Å². The number of carbonyl (C=O) groups excluding carboxylic acids is 1. The van der Waals surface area contributed by atoms with E-state index in [9.17, 15) is 4.79 Å². The molecule has 0 spiro atoms. The molecule has 0 aliphatic heterocycles. The maximum absolute atomic E-state index is 11.8. The van der Waals surface area contributed by atoms with Gasteiger partial charge in [-0.25, -0.2) is 4.98 Å². The van der Waals surface area contributed by atoms with E-state index in [1.165, 1.54) is 0 Å². The van der Waals surface area contributed by atoms with Crippen molar-refractivity contribution in [2.45, 2.75) is 46.6 Å². The molecule has 1 saturated carbocycles. The molecule has 0 bridgehead atoms. The number of rotatable bonds is 5. The Hall–Kier alpha value is -2.76. The highest BCUT2D eigenvalue weighted by Gasteiger charge is 2.30. The lowest BCUT2D eigenvalue weighted by Crippen LogP contribution is -2.31. The lowest BCUT2D eigenvalue weighted by molar-refractivity contribution is -0.120. The van der Waals surface area contributed by atoms with Crippen molar-refractivity contribution in [3.05, 3.63) is 52.5 Å². The number of nitrogens with one attached hydrogen (secondary N) is 2. The van der Waals surface area contributed by atoms with Crippen molar-refractivity contribution >= 4 is 11.7 Å². The van der Waals surface area contributed by atoms with Gasteiger partial charge in [-0.3, -0.25) is 10.2 Å². The molecule has 0 radical (unpaired) electrons. The van der Waals surface area contributed by atoms with Crippen LogP contribution in [0.3, 0.4) is 0 Å². The third-order valence-corrected chi connectivity index (χ3v) is 4.61. The number of hydrogen-bond acceptors (Lipinski definition) is 5. The van der Waals surface area contributed by atoms with Gasteiger partial charge in [0.2, 0.25) is 11.8 Å². The highest BCUT2D eigenvalue weighted by molar-refractivity contribution is 6.07. The topological polar surface area (TPSA) is 88.0 Å². The van der Waals surface area contributed by atoms with Crippen molar-refractivity contribution in [2.24, 2.45) is 5.92 Å². The molecule has 1 aromatic carbocycles. The summed E-state index contributed by atoms with van der Waals surface area (Å²) in [6, 6.07) is 7.48. The third kappa shape index (κ3) is 4.07. The zero-order chi connectivity index (χ0) is 18.8. The van der Waals surface area contributed by atoms with E-state index in [4.69, 9.17) is 10.1 Å². The standard InChI is InChI=1S/C20H24N4O2/c1-11-12(2)22-14(4)23-20(11)26-13(3)15-5-7-16(8-6-15)18(21)24-19(25)17-9-10-17/h5-8,13,17H,9-10H2,1-4H3,(H2,21,24,25). The highest BCUT2D eigenvalue weighted by atomic mass is 16.5. The Morgan fingerprint density at radius 2 is 1.85 bits per heavy atom. The van der Waals surface area contributed by atoms with Gasteiger partial charge < -0.3 is 10.1 Å². The van der Waals surface area contributed by atoms with Crippen molar-refractivity contribution in [2.75, 3.05) is 0 Å². The molecule has 136 valence electrons. The summed E-state index contributed by atoms with van der Waals surface area (Å²) >= 11 is 0. The molecule has 2 aromatic rings. The van der Waals surface area contributed by atoms with E-state index in [1.54, 1.807) is 0 Å². The lowest BCUT2D eigenvalue weighted by atomic mass is 10.1. The Labute approximate surface area is 153 Å². The Balaban J connectivity index is 1.68. The number of aryl methyl sites for hydroxylation is 2. The SMILES string of the molecule is Cc1nc(C)c(C)c(OC(C)c2ccc(C(=N)NC(=O)C3CC3)cc2)n1. The molecular weight excluding hydrogens is 328 g/mol. The molecule has 1 atom stereocenters. The van der Waals surface area contributed by atoms with E-state index in [0.717, 1.165) is 29.7 Å². The van der Waals surface area contributed by atoms with Crippen LogP contribution in [0.25, 0.3) is 0 Å². The Bertz CT molecular complexity index is 842. The molecule has 6 heteroatoms. The van der Waals surface area contributed by atoms with E-state index in [-0.39, 0.29) is 23.8 Å². The van der Waals surface area contributed by atoms with Crippen LogP contribution in [0, 0.1) is 32.1 Å². The van der Waals surface area contributed by atoms with Gasteiger partial charge in [-0.05, 0) is 46.1 Å². The maximum Gasteiger partial charge on any atom is 0.228 e. The summed E-state index contributed by atoms with van der Waals surface area (Å²) in [7, 11) is 0. The Morgan fingerprint density at radius 1 is 1.19 bits per heavy atom. The molecule has 1 heterocycles. The summed E-state index contributed by atoms with van der Waals surface area (Å²) in [5.74, 6) is 1.45. The van der Waals surface area contributed by atoms with Crippen LogP contribution in [0.15, 0.2) is 24.3 Å². The van der Waals surface area contributed by atoms with Gasteiger partial charge in [0, 0.05) is 22.7 Å². The molecule has 1 fully saturated rings. The van der Waals surface area contributed by atoms with Crippen LogP contribution >= 0.6 is 0 Å². The summed E-state index contributed by atoms with van der Waals surface area (Å²) in [6.07, 6.45) is 1.66. The third-order valence-electron chi connectivity index (χ3n) is 4.61. The predicted molar refractivity (Wildman–Crippen MR) is 99.4 cm³/mol. The minimum absolute atomic E-state index is 0.0549. The van der Waals surface area contributed by atoms with Crippen molar-refractivity contribution in [1.29, 1.82) is 5.41 Å². The van der Waals surface area contributed by atoms with Gasteiger partial charge in [0.15, 0.2) is 0 Å². The molecule has 26 heavy (non-hydrogen) atoms. The number of ether oxygens (including phenoxy) is 1. The number of aromatic nitrogens is 2. The monoisotopic (exact) mass is 352 g/mol. The maximum atomic E-state index is 11.8. The lowest BCUT2D eigenvalue weighted by Gasteiger charge is -2.17. The fourth-order valence-electron chi connectivity index (χ4n) is 2.65. The van der Waals surface area contributed by atoms with E-state index >= 15 is 0 Å². The summed E-state index contributed by atoms with van der Waals surface area (Å²) < 4.78 is 6.02. The first-order valence-electron chi connectivity index (χ1n) is 8.83. The molecule has 6 nitrogen and oxygen atoms in total. The van der Waals surface area contributed by atoms with Crippen LogP contribution < -0.4 is 10.1 Å². The van der Waals surface area contributed by atoms with Crippen molar-refractivity contribution in [3.8, 4) is 5.88 Å². The summed E-state index contributed by atoms with van der Waals surface area (Å²) in [5.41, 5.74) is 3.50. The minimum atomic E-state index is -0.188. The van der Waals surface area contributed by atoms with Crippen LogP contribution in [0.2, 0.25) is 0 Å². The smallest absolute Gasteiger partial charge is 0.228 e. The van der Waals surface area contributed by atoms with Gasteiger partial charge in [-0.15, -0.1) is 0 Å². The second-order valence-corrected chi connectivity index (χ2v) is 6.81. The minimum Gasteiger partial charge on any atom is -0.469 e. The molecular formula is C20H24N4O2. The zero-order valence-corrected chi connectivity index (χ0v) is 15.6. The van der Waals surface area contributed by atoms with Crippen LogP contribution in [0.4, 0.5) is 0 Å². The summed E-state index contributed by atoms with van der Waals surface area (Å²) in [4.78, 5) is 20.5. The predicted octanol–water partition coefficient (Wildman–Crippen LogP) is 3.39. The second kappa shape index (κ2) is 7.23. The molecule has 1 aromatic heterocycles. The van der Waals surface area contributed by atoms with Gasteiger partial charge in [-0.1, -0.05) is 24.3 Å². The zero-order valence-electron chi connectivity index (χ0n) is 15.6. The van der Waals surface area contributed by atoms with Crippen LogP contribution in [-0.2, 0) is 4.79 Å². The van der Waals surface area contributed by atoms with Crippen molar-refractivity contribution in [1.82, 2.24) is 15.3 Å². The Kier molecular flexibility index (Phi) is 5.02. The fourth-order valence-corrected chi connectivity index (χ4v) is 2.65. The average Bonchev–Trinajstić information content (AvgIpc) is 3.44. The molecule has 1 aliphatic carbocycles. The number of carbonyl (C=O) groups is 1. The van der Waals surface area contributed by atoms with Gasteiger partial charge in [0.05, 0.1) is 0 Å². The normalized spacial score (nSPS) is 14.6. The molecule has 3 rings (SSSR count). The second-order valence-electron chi connectivity index (χ2n) is 6.81. The number of amides is 1. The molecule has 2 N–H and O–H groups in total. The fraction of sp³-hybridized carbons (Fsp3) is 0.400. The number of nitrogens with zero attached hydrogens (tertiary/aromatic N) is 2. The molecule has 0 saturated heterocycles. The molecule has 1 amide bonds. The van der Waals surface area contributed by atoms with E-state index in [2.05, 4.69) is 15.3 Å². The quantitative estimate of drug-likeness (QED) is 0.638. The van der Waals surface area contributed by atoms with Gasteiger partial charge >= 0.3 is 0 Å². The van der Waals surface area contributed by atoms with Crippen molar-refractivity contribution in [3.63, 3.8) is 0 Å². The van der Waals surface area contributed by atoms with E-state index in [0.29, 0.717) is 17.3 Å². The molecule has 1 unspecified atom stereocenters. The first-order chi connectivity index (χ1) is 12.3. The van der Waals surface area contributed by atoms with Gasteiger partial charge in [0.1, 0.15) is 17.8 Å². The van der Waals surface area contributed by atoms with Gasteiger partial charge in [-0.2, -0.15) is 4.98 Å². The van der Waals surface area contributed by atoms with E-state index in [1.807, 2.05) is 52.0 Å². The first-order valence-corrected chi connectivity index (χ1v) is 8.83. The van der Waals surface area contributed by atoms with Crippen LogP contribution in [0.1, 0.15) is 54.1 Å². The average molecular weight is 352 g/mol.